The van der Waals surface area contributed by atoms with Gasteiger partial charge in [-0.3, -0.25) is 9.69 Å². The molecule has 0 bridgehead atoms. The van der Waals surface area contributed by atoms with Gasteiger partial charge < -0.3 is 15.3 Å². The first-order valence-electron chi connectivity index (χ1n) is 13.8. The van der Waals surface area contributed by atoms with E-state index in [4.69, 9.17) is 11.6 Å². The lowest BCUT2D eigenvalue weighted by Gasteiger charge is -2.41. The molecule has 1 unspecified atom stereocenters. The van der Waals surface area contributed by atoms with Crippen LogP contribution in [0.2, 0.25) is 5.02 Å². The van der Waals surface area contributed by atoms with Crippen LogP contribution in [0.25, 0.3) is 6.08 Å². The number of hydrogen-bond donors (Lipinski definition) is 2. The molecular formula is C31H28ClF5N6O2. The number of carbonyl (C=O) groups is 1. The number of nitrogens with one attached hydrogen (secondary N) is 1. The maximum Gasteiger partial charge on any atom is 0.418 e. The molecule has 1 amide bonds. The minimum Gasteiger partial charge on any atom is -0.382 e. The average Bonchev–Trinajstić information content (AvgIpc) is 3.49. The summed E-state index contributed by atoms with van der Waals surface area (Å²) in [7, 11) is 0. The van der Waals surface area contributed by atoms with E-state index in [1.165, 1.54) is 47.7 Å². The summed E-state index contributed by atoms with van der Waals surface area (Å²) in [5.41, 5.74) is -2.41. The van der Waals surface area contributed by atoms with Crippen molar-refractivity contribution >= 4 is 35.0 Å². The van der Waals surface area contributed by atoms with Gasteiger partial charge in [0.25, 0.3) is 0 Å². The van der Waals surface area contributed by atoms with Gasteiger partial charge in [-0.25, -0.2) is 18.4 Å². The molecule has 45 heavy (non-hydrogen) atoms. The smallest absolute Gasteiger partial charge is 0.382 e. The Morgan fingerprint density at radius 3 is 2.40 bits per heavy atom. The topological polar surface area (TPSA) is 86.5 Å². The van der Waals surface area contributed by atoms with Gasteiger partial charge in [0.2, 0.25) is 5.91 Å². The number of halogens is 6. The summed E-state index contributed by atoms with van der Waals surface area (Å²) in [6.07, 6.45) is 0.548. The number of anilines is 2. The number of β-amino-alcohol motifs (C(OH)–C–C–N with tert-alkyl or cyclic N) is 1. The highest BCUT2D eigenvalue weighted by atomic mass is 35.5. The van der Waals surface area contributed by atoms with Crippen molar-refractivity contribution in [2.24, 2.45) is 0 Å². The van der Waals surface area contributed by atoms with Crippen LogP contribution in [0.15, 0.2) is 79.4 Å². The lowest BCUT2D eigenvalue weighted by Crippen LogP contribution is -2.52. The van der Waals surface area contributed by atoms with Crippen molar-refractivity contribution in [2.75, 3.05) is 42.9 Å². The predicted molar refractivity (Wildman–Crippen MR) is 159 cm³/mol. The van der Waals surface area contributed by atoms with Crippen molar-refractivity contribution in [3.8, 4) is 0 Å². The van der Waals surface area contributed by atoms with E-state index in [9.17, 15) is 31.9 Å². The summed E-state index contributed by atoms with van der Waals surface area (Å²) >= 11 is 6.08. The lowest BCUT2D eigenvalue weighted by atomic mass is 9.92. The fourth-order valence-electron chi connectivity index (χ4n) is 5.26. The van der Waals surface area contributed by atoms with E-state index < -0.39 is 34.9 Å². The summed E-state index contributed by atoms with van der Waals surface area (Å²) < 4.78 is 72.3. The number of benzene rings is 3. The molecule has 0 spiro atoms. The Balaban J connectivity index is 1.29. The summed E-state index contributed by atoms with van der Waals surface area (Å²) in [6, 6.07) is 13.3. The van der Waals surface area contributed by atoms with E-state index in [0.29, 0.717) is 16.7 Å². The summed E-state index contributed by atoms with van der Waals surface area (Å²) in [5, 5.41) is 18.5. The van der Waals surface area contributed by atoms with E-state index in [1.807, 2.05) is 0 Å². The van der Waals surface area contributed by atoms with Gasteiger partial charge in [0.1, 0.15) is 29.9 Å². The SMILES string of the molecule is O=C(/C=C/c1ccccc1Cl)Nc1ccc(N2CCN(CC(O)(Cn3cncn3)c3ccc(F)cc3F)CC2)c(C(F)(F)F)c1. The highest BCUT2D eigenvalue weighted by molar-refractivity contribution is 6.32. The molecule has 2 N–H and O–H groups in total. The van der Waals surface area contributed by atoms with E-state index >= 15 is 0 Å². The van der Waals surface area contributed by atoms with Crippen LogP contribution in [0.3, 0.4) is 0 Å². The van der Waals surface area contributed by atoms with Gasteiger partial charge in [-0.05, 0) is 42.0 Å². The second-order valence-corrected chi connectivity index (χ2v) is 11.0. The van der Waals surface area contributed by atoms with Gasteiger partial charge in [-0.15, -0.1) is 0 Å². The molecule has 2 heterocycles. The lowest BCUT2D eigenvalue weighted by molar-refractivity contribution is -0.137. The highest BCUT2D eigenvalue weighted by Crippen LogP contribution is 2.39. The van der Waals surface area contributed by atoms with Crippen molar-refractivity contribution in [3.63, 3.8) is 0 Å². The van der Waals surface area contributed by atoms with Crippen molar-refractivity contribution in [3.05, 3.63) is 113 Å². The van der Waals surface area contributed by atoms with Crippen LogP contribution >= 0.6 is 11.6 Å². The zero-order valence-corrected chi connectivity index (χ0v) is 24.4. The molecule has 1 aliphatic heterocycles. The van der Waals surface area contributed by atoms with E-state index in [0.717, 1.165) is 12.1 Å². The zero-order valence-electron chi connectivity index (χ0n) is 23.7. The summed E-state index contributed by atoms with van der Waals surface area (Å²) in [4.78, 5) is 19.6. The number of aliphatic hydroxyl groups is 1. The molecule has 4 aromatic rings. The number of alkyl halides is 3. The minimum absolute atomic E-state index is 0.0296. The first-order chi connectivity index (χ1) is 21.4. The third-order valence-corrected chi connectivity index (χ3v) is 7.75. The Hall–Kier alpha value is -4.33. The van der Waals surface area contributed by atoms with Crippen molar-refractivity contribution < 1.29 is 31.9 Å². The molecule has 1 atom stereocenters. The van der Waals surface area contributed by atoms with Gasteiger partial charge in [0.15, 0.2) is 0 Å². The van der Waals surface area contributed by atoms with Crippen LogP contribution in [0.4, 0.5) is 33.3 Å². The Morgan fingerprint density at radius 2 is 1.73 bits per heavy atom. The summed E-state index contributed by atoms with van der Waals surface area (Å²) in [5.74, 6) is -2.36. The molecule has 5 rings (SSSR count). The third kappa shape index (κ3) is 7.85. The molecule has 0 radical (unpaired) electrons. The van der Waals surface area contributed by atoms with Gasteiger partial charge in [0.05, 0.1) is 12.1 Å². The van der Waals surface area contributed by atoms with Gasteiger partial charge in [-0.2, -0.15) is 18.3 Å². The van der Waals surface area contributed by atoms with Gasteiger partial charge in [0, 0.05) is 66.8 Å². The molecule has 8 nitrogen and oxygen atoms in total. The largest absolute Gasteiger partial charge is 0.418 e. The quantitative estimate of drug-likeness (QED) is 0.182. The number of carbonyl (C=O) groups excluding carboxylic acids is 1. The van der Waals surface area contributed by atoms with Crippen LogP contribution in [0, 0.1) is 11.6 Å². The highest BCUT2D eigenvalue weighted by Gasteiger charge is 2.38. The monoisotopic (exact) mass is 646 g/mol. The standard InChI is InChI=1S/C31H28ClF5N6O2/c32-26-4-2-1-3-21(26)5-10-29(44)40-23-7-9-28(25(16-23)31(35,36)37)42-13-11-41(12-14-42)17-30(45,18-43-20-38-19-39-43)24-8-6-22(33)15-27(24)34/h1-10,15-16,19-20,45H,11-14,17-18H2,(H,40,44)/b10-5+. The maximum atomic E-state index is 14.8. The number of amides is 1. The number of aromatic nitrogens is 3. The van der Waals surface area contributed by atoms with Crippen LogP contribution in [0.5, 0.6) is 0 Å². The molecule has 3 aromatic carbocycles. The van der Waals surface area contributed by atoms with Crippen LogP contribution < -0.4 is 10.2 Å². The molecule has 14 heteroatoms. The second-order valence-electron chi connectivity index (χ2n) is 10.6. The van der Waals surface area contributed by atoms with Gasteiger partial charge in [-0.1, -0.05) is 35.9 Å². The molecule has 1 aliphatic rings. The number of rotatable bonds is 9. The summed E-state index contributed by atoms with van der Waals surface area (Å²) in [6.45, 7) is 0.536. The number of hydrogen-bond acceptors (Lipinski definition) is 6. The molecule has 0 aliphatic carbocycles. The molecule has 1 aromatic heterocycles. The Morgan fingerprint density at radius 1 is 0.978 bits per heavy atom. The van der Waals surface area contributed by atoms with Crippen molar-refractivity contribution in [2.45, 2.75) is 18.3 Å². The van der Waals surface area contributed by atoms with Crippen molar-refractivity contribution in [1.82, 2.24) is 19.7 Å². The van der Waals surface area contributed by atoms with Crippen molar-refractivity contribution in [1.29, 1.82) is 0 Å². The average molecular weight is 647 g/mol. The molecular weight excluding hydrogens is 619 g/mol. The number of piperazine rings is 1. The minimum atomic E-state index is -4.71. The Kier molecular flexibility index (Phi) is 9.51. The first-order valence-corrected chi connectivity index (χ1v) is 14.2. The van der Waals surface area contributed by atoms with E-state index in [-0.39, 0.29) is 56.2 Å². The Bertz CT molecular complexity index is 1680. The second kappa shape index (κ2) is 13.3. The van der Waals surface area contributed by atoms with Gasteiger partial charge >= 0.3 is 6.18 Å². The molecule has 0 saturated carbocycles. The first kappa shape index (κ1) is 32.1. The molecule has 1 saturated heterocycles. The normalized spacial score (nSPS) is 15.8. The van der Waals surface area contributed by atoms with E-state index in [1.54, 1.807) is 34.1 Å². The maximum absolute atomic E-state index is 14.8. The third-order valence-electron chi connectivity index (χ3n) is 7.41. The van der Waals surface area contributed by atoms with Crippen LogP contribution in [-0.4, -0.2) is 63.4 Å². The molecule has 236 valence electrons. The molecule has 1 fully saturated rings. The zero-order chi connectivity index (χ0) is 32.2. The van der Waals surface area contributed by atoms with Crippen LogP contribution in [0.1, 0.15) is 16.7 Å². The Labute approximate surface area is 260 Å². The predicted octanol–water partition coefficient (Wildman–Crippen LogP) is 5.59. The number of nitrogens with zero attached hydrogens (tertiary/aromatic N) is 5. The van der Waals surface area contributed by atoms with Crippen LogP contribution in [-0.2, 0) is 23.1 Å². The fourth-order valence-corrected chi connectivity index (χ4v) is 5.46. The van der Waals surface area contributed by atoms with E-state index in [2.05, 4.69) is 15.4 Å². The fraction of sp³-hybridized carbons (Fsp3) is 0.258.